The SMILES string of the molecule is CC1(C)OC2=CC=C(n3cnc4c(F)cnc(F)c43)[C@@H]2O1. The molecule has 108 valence electrons. The van der Waals surface area contributed by atoms with Gasteiger partial charge in [0.2, 0.25) is 11.7 Å². The highest BCUT2D eigenvalue weighted by Gasteiger charge is 2.42. The fourth-order valence-electron chi connectivity index (χ4n) is 2.64. The van der Waals surface area contributed by atoms with Crippen molar-refractivity contribution in [3.05, 3.63) is 42.2 Å². The molecule has 0 amide bonds. The second-order valence-corrected chi connectivity index (χ2v) is 5.37. The van der Waals surface area contributed by atoms with E-state index in [1.165, 1.54) is 10.9 Å². The standard InChI is InChI=1S/C14H11F2N3O2/c1-14(2)20-9-4-3-8(12(9)21-14)19-6-18-10-7(15)5-17-13(16)11(10)19/h3-6,12H,1-2H3/t12-/m0/s1. The van der Waals surface area contributed by atoms with E-state index in [-0.39, 0.29) is 11.0 Å². The van der Waals surface area contributed by atoms with E-state index in [2.05, 4.69) is 9.97 Å². The van der Waals surface area contributed by atoms with E-state index in [1.807, 2.05) is 0 Å². The Balaban J connectivity index is 1.85. The first-order chi connectivity index (χ1) is 9.96. The van der Waals surface area contributed by atoms with E-state index in [0.29, 0.717) is 11.5 Å². The molecule has 2 aliphatic rings. The Bertz CT molecular complexity index is 823. The number of imidazole rings is 1. The molecule has 1 aliphatic heterocycles. The van der Waals surface area contributed by atoms with Crippen LogP contribution in [0.2, 0.25) is 0 Å². The summed E-state index contributed by atoms with van der Waals surface area (Å²) in [7, 11) is 0. The molecule has 1 atom stereocenters. The molecule has 0 unspecified atom stereocenters. The number of rotatable bonds is 1. The van der Waals surface area contributed by atoms with Crippen molar-refractivity contribution >= 4 is 16.7 Å². The number of hydrogen-bond donors (Lipinski definition) is 0. The van der Waals surface area contributed by atoms with Gasteiger partial charge in [0.25, 0.3) is 0 Å². The number of ether oxygens (including phenoxy) is 2. The van der Waals surface area contributed by atoms with Gasteiger partial charge in [-0.3, -0.25) is 4.57 Å². The molecule has 7 heteroatoms. The van der Waals surface area contributed by atoms with Crippen LogP contribution in [0.25, 0.3) is 16.7 Å². The molecular formula is C14H11F2N3O2. The van der Waals surface area contributed by atoms with Crippen LogP contribution in [0.4, 0.5) is 8.78 Å². The van der Waals surface area contributed by atoms with Crippen LogP contribution in [0.5, 0.6) is 0 Å². The van der Waals surface area contributed by atoms with Gasteiger partial charge >= 0.3 is 0 Å². The average Bonchev–Trinajstić information content (AvgIpc) is 3.05. The van der Waals surface area contributed by atoms with Gasteiger partial charge in [0.05, 0.1) is 11.9 Å². The molecule has 2 aromatic rings. The Morgan fingerprint density at radius 1 is 1.24 bits per heavy atom. The first-order valence-electron chi connectivity index (χ1n) is 6.42. The van der Waals surface area contributed by atoms with E-state index < -0.39 is 23.7 Å². The van der Waals surface area contributed by atoms with Crippen LogP contribution in [0.1, 0.15) is 13.8 Å². The van der Waals surface area contributed by atoms with Crippen molar-refractivity contribution < 1.29 is 18.3 Å². The summed E-state index contributed by atoms with van der Waals surface area (Å²) in [5.74, 6) is -1.56. The number of pyridine rings is 1. The average molecular weight is 291 g/mol. The van der Waals surface area contributed by atoms with Crippen molar-refractivity contribution in [1.82, 2.24) is 14.5 Å². The number of hydrogen-bond acceptors (Lipinski definition) is 4. The molecule has 3 heterocycles. The number of halogens is 2. The molecule has 0 bridgehead atoms. The van der Waals surface area contributed by atoms with Gasteiger partial charge in [-0.25, -0.2) is 14.4 Å². The topological polar surface area (TPSA) is 49.2 Å². The molecule has 1 aliphatic carbocycles. The van der Waals surface area contributed by atoms with Crippen LogP contribution in [0.15, 0.2) is 30.4 Å². The normalized spacial score (nSPS) is 23.0. The van der Waals surface area contributed by atoms with Crippen molar-refractivity contribution in [3.63, 3.8) is 0 Å². The lowest BCUT2D eigenvalue weighted by Gasteiger charge is -2.18. The summed E-state index contributed by atoms with van der Waals surface area (Å²) in [6.07, 6.45) is 5.21. The maximum atomic E-state index is 14.0. The highest BCUT2D eigenvalue weighted by atomic mass is 19.1. The lowest BCUT2D eigenvalue weighted by Crippen LogP contribution is -2.23. The van der Waals surface area contributed by atoms with Crippen LogP contribution in [-0.4, -0.2) is 26.4 Å². The molecule has 1 saturated heterocycles. The van der Waals surface area contributed by atoms with Crippen LogP contribution < -0.4 is 0 Å². The zero-order chi connectivity index (χ0) is 14.8. The van der Waals surface area contributed by atoms with Crippen molar-refractivity contribution in [1.29, 1.82) is 0 Å². The monoisotopic (exact) mass is 291 g/mol. The van der Waals surface area contributed by atoms with E-state index in [9.17, 15) is 8.78 Å². The number of aromatic nitrogens is 3. The highest BCUT2D eigenvalue weighted by molar-refractivity contribution is 5.81. The van der Waals surface area contributed by atoms with Crippen LogP contribution in [-0.2, 0) is 9.47 Å². The number of allylic oxidation sites excluding steroid dienone is 2. The third kappa shape index (κ3) is 1.70. The fraction of sp³-hybridized carbons (Fsp3) is 0.286. The maximum absolute atomic E-state index is 14.0. The molecule has 1 fully saturated rings. The molecule has 0 radical (unpaired) electrons. The van der Waals surface area contributed by atoms with E-state index in [1.54, 1.807) is 26.0 Å². The zero-order valence-electron chi connectivity index (χ0n) is 11.3. The minimum atomic E-state index is -0.781. The summed E-state index contributed by atoms with van der Waals surface area (Å²) in [4.78, 5) is 7.33. The van der Waals surface area contributed by atoms with Gasteiger partial charge in [0.15, 0.2) is 11.9 Å². The van der Waals surface area contributed by atoms with Crippen LogP contribution in [0.3, 0.4) is 0 Å². The largest absolute Gasteiger partial charge is 0.464 e. The lowest BCUT2D eigenvalue weighted by molar-refractivity contribution is -0.126. The van der Waals surface area contributed by atoms with Gasteiger partial charge in [-0.15, -0.1) is 0 Å². The molecule has 0 aromatic carbocycles. The van der Waals surface area contributed by atoms with Crippen molar-refractivity contribution in [2.24, 2.45) is 0 Å². The van der Waals surface area contributed by atoms with E-state index >= 15 is 0 Å². The predicted molar refractivity (Wildman–Crippen MR) is 69.8 cm³/mol. The summed E-state index contributed by atoms with van der Waals surface area (Å²) >= 11 is 0. The van der Waals surface area contributed by atoms with Crippen molar-refractivity contribution in [2.45, 2.75) is 25.7 Å². The van der Waals surface area contributed by atoms with Gasteiger partial charge in [0.1, 0.15) is 23.1 Å². The summed E-state index contributed by atoms with van der Waals surface area (Å²) in [6, 6.07) is 0. The van der Waals surface area contributed by atoms with Gasteiger partial charge in [-0.2, -0.15) is 4.39 Å². The minimum absolute atomic E-state index is 0.00999. The Hall–Kier alpha value is -2.28. The molecule has 0 saturated carbocycles. The third-order valence-corrected chi connectivity index (χ3v) is 3.47. The lowest BCUT2D eigenvalue weighted by atomic mass is 10.2. The Morgan fingerprint density at radius 3 is 2.86 bits per heavy atom. The van der Waals surface area contributed by atoms with E-state index in [4.69, 9.17) is 9.47 Å². The summed E-state index contributed by atoms with van der Waals surface area (Å²) in [5, 5.41) is 0. The minimum Gasteiger partial charge on any atom is -0.464 e. The van der Waals surface area contributed by atoms with Gasteiger partial charge in [-0.1, -0.05) is 0 Å². The Morgan fingerprint density at radius 2 is 2.05 bits per heavy atom. The zero-order valence-corrected chi connectivity index (χ0v) is 11.3. The smallest absolute Gasteiger partial charge is 0.239 e. The number of nitrogens with zero attached hydrogens (tertiary/aromatic N) is 3. The second-order valence-electron chi connectivity index (χ2n) is 5.37. The third-order valence-electron chi connectivity index (χ3n) is 3.47. The molecule has 5 nitrogen and oxygen atoms in total. The van der Waals surface area contributed by atoms with Crippen molar-refractivity contribution in [3.8, 4) is 0 Å². The first kappa shape index (κ1) is 12.5. The first-order valence-corrected chi connectivity index (χ1v) is 6.42. The molecule has 0 spiro atoms. The maximum Gasteiger partial charge on any atom is 0.239 e. The highest BCUT2D eigenvalue weighted by Crippen LogP contribution is 2.40. The van der Waals surface area contributed by atoms with Crippen LogP contribution >= 0.6 is 0 Å². The van der Waals surface area contributed by atoms with E-state index in [0.717, 1.165) is 6.20 Å². The van der Waals surface area contributed by atoms with Gasteiger partial charge < -0.3 is 9.47 Å². The molecule has 2 aromatic heterocycles. The second kappa shape index (κ2) is 3.88. The Labute approximate surface area is 118 Å². The fourth-order valence-corrected chi connectivity index (χ4v) is 2.64. The molecular weight excluding hydrogens is 280 g/mol. The molecule has 4 rings (SSSR count). The summed E-state index contributed by atoms with van der Waals surface area (Å²) < 4.78 is 40.5. The summed E-state index contributed by atoms with van der Waals surface area (Å²) in [5.41, 5.74) is 0.545. The van der Waals surface area contributed by atoms with Gasteiger partial charge in [-0.05, 0) is 12.2 Å². The number of fused-ring (bicyclic) bond motifs is 2. The van der Waals surface area contributed by atoms with Crippen LogP contribution in [0, 0.1) is 11.8 Å². The van der Waals surface area contributed by atoms with Crippen molar-refractivity contribution in [2.75, 3.05) is 0 Å². The molecule has 0 N–H and O–H groups in total. The Kier molecular flexibility index (Phi) is 2.30. The van der Waals surface area contributed by atoms with Gasteiger partial charge in [0, 0.05) is 13.8 Å². The molecule has 21 heavy (non-hydrogen) atoms. The summed E-state index contributed by atoms with van der Waals surface area (Å²) in [6.45, 7) is 3.58. The predicted octanol–water partition coefficient (Wildman–Crippen LogP) is 2.60. The quantitative estimate of drug-likeness (QED) is 0.758.